The predicted octanol–water partition coefficient (Wildman–Crippen LogP) is 14.3. The van der Waals surface area contributed by atoms with E-state index in [2.05, 4.69) is 227 Å². The third-order valence-corrected chi connectivity index (χ3v) is 12.5. The van der Waals surface area contributed by atoms with Crippen molar-refractivity contribution in [2.24, 2.45) is 10.2 Å². The van der Waals surface area contributed by atoms with E-state index in [4.69, 9.17) is 10.2 Å². The van der Waals surface area contributed by atoms with Crippen LogP contribution < -0.4 is 9.13 Å². The van der Waals surface area contributed by atoms with Crippen molar-refractivity contribution in [1.82, 2.24) is 9.13 Å². The fraction of sp³-hybridized carbons (Fsp3) is 0.429. The molecule has 6 aromatic rings. The maximum Gasteiger partial charge on any atom is 0.312 e. The van der Waals surface area contributed by atoms with Crippen molar-refractivity contribution in [3.05, 3.63) is 154 Å². The lowest BCUT2D eigenvalue weighted by Gasteiger charge is -2.19. The van der Waals surface area contributed by atoms with E-state index in [1.165, 1.54) is 67.3 Å². The van der Waals surface area contributed by atoms with Gasteiger partial charge in [-0.1, -0.05) is 184 Å². The van der Waals surface area contributed by atoms with Gasteiger partial charge in [-0.05, 0) is 47.3 Å². The molecule has 0 unspecified atom stereocenters. The van der Waals surface area contributed by atoms with Crippen molar-refractivity contribution in [2.75, 3.05) is 0 Å². The zero-order valence-electron chi connectivity index (χ0n) is 40.7. The first-order valence-corrected chi connectivity index (χ1v) is 23.3. The molecule has 4 aromatic carbocycles. The van der Waals surface area contributed by atoms with Crippen LogP contribution in [0, 0.1) is 0 Å². The van der Waals surface area contributed by atoms with Gasteiger partial charge in [0.15, 0.2) is 0 Å². The minimum Gasteiger partial charge on any atom is -0.194 e. The van der Waals surface area contributed by atoms with Gasteiger partial charge >= 0.3 is 11.6 Å². The molecule has 0 fully saturated rings. The van der Waals surface area contributed by atoms with Crippen LogP contribution in [0.1, 0.15) is 214 Å². The summed E-state index contributed by atoms with van der Waals surface area (Å²) in [6.07, 6.45) is 12.9. The fourth-order valence-electron chi connectivity index (χ4n) is 9.14. The Morgan fingerprint density at radius 1 is 0.355 bits per heavy atom. The lowest BCUT2D eigenvalue weighted by molar-refractivity contribution is -0.597. The van der Waals surface area contributed by atoms with Crippen LogP contribution in [-0.4, -0.2) is 21.6 Å². The molecule has 0 amide bonds. The summed E-state index contributed by atoms with van der Waals surface area (Å²) in [5.41, 5.74) is 15.4. The van der Waals surface area contributed by atoms with E-state index in [-0.39, 0.29) is 0 Å². The first kappa shape index (κ1) is 46.2. The lowest BCUT2D eigenvalue weighted by Crippen LogP contribution is -2.38. The zero-order valence-corrected chi connectivity index (χ0v) is 40.7. The molecule has 2 aromatic heterocycles. The van der Waals surface area contributed by atoms with Crippen molar-refractivity contribution in [3.8, 4) is 22.7 Å². The topological polar surface area (TPSA) is 42.3 Å². The Labute approximate surface area is 374 Å². The van der Waals surface area contributed by atoms with Gasteiger partial charge in [0.25, 0.3) is 0 Å². The molecule has 6 rings (SSSR count). The van der Waals surface area contributed by atoms with E-state index in [1.54, 1.807) is 0 Å². The molecule has 62 heavy (non-hydrogen) atoms. The van der Waals surface area contributed by atoms with E-state index in [1.807, 2.05) is 12.4 Å². The molecular formula is C56H74N6+2. The van der Waals surface area contributed by atoms with Gasteiger partial charge in [0, 0.05) is 44.5 Å². The smallest absolute Gasteiger partial charge is 0.194 e. The highest BCUT2D eigenvalue weighted by atomic mass is 15.3. The highest BCUT2D eigenvalue weighted by Crippen LogP contribution is 2.35. The Bertz CT molecular complexity index is 2110. The summed E-state index contributed by atoms with van der Waals surface area (Å²) in [5.74, 6) is 4.53. The Morgan fingerprint density at radius 2 is 0.581 bits per heavy atom. The molecule has 0 spiro atoms. The van der Waals surface area contributed by atoms with E-state index in [0.717, 1.165) is 11.6 Å². The van der Waals surface area contributed by atoms with Gasteiger partial charge < -0.3 is 0 Å². The molecule has 0 aliphatic carbocycles. The monoisotopic (exact) mass is 831 g/mol. The van der Waals surface area contributed by atoms with Crippen molar-refractivity contribution in [1.29, 1.82) is 0 Å². The average Bonchev–Trinajstić information content (AvgIpc) is 3.84. The third kappa shape index (κ3) is 9.07. The highest BCUT2D eigenvalue weighted by molar-refractivity contribution is 5.79. The van der Waals surface area contributed by atoms with Crippen LogP contribution in [0.5, 0.6) is 0 Å². The normalized spacial score (nSPS) is 12.6. The average molecular weight is 831 g/mol. The summed E-state index contributed by atoms with van der Waals surface area (Å²) in [5, 5.41) is 10.1. The summed E-state index contributed by atoms with van der Waals surface area (Å²) in [7, 11) is 0. The van der Waals surface area contributed by atoms with Gasteiger partial charge in [-0.3, -0.25) is 0 Å². The van der Waals surface area contributed by atoms with Crippen LogP contribution >= 0.6 is 0 Å². The van der Waals surface area contributed by atoms with Crippen LogP contribution in [0.3, 0.4) is 0 Å². The second-order valence-electron chi connectivity index (χ2n) is 19.7. The van der Waals surface area contributed by atoms with Crippen LogP contribution in [0.2, 0.25) is 0 Å². The van der Waals surface area contributed by atoms with E-state index < -0.39 is 0 Å². The number of benzene rings is 4. The number of hydrogen-bond acceptors (Lipinski definition) is 2. The van der Waals surface area contributed by atoms with E-state index in [0.29, 0.717) is 47.3 Å². The van der Waals surface area contributed by atoms with E-state index >= 15 is 0 Å². The molecule has 0 aliphatic heterocycles. The number of hydrogen-bond donors (Lipinski definition) is 0. The Hall–Kier alpha value is -5.36. The van der Waals surface area contributed by atoms with Gasteiger partial charge in [-0.2, -0.15) is 28.5 Å². The Morgan fingerprint density at radius 3 is 0.806 bits per heavy atom. The van der Waals surface area contributed by atoms with Gasteiger partial charge in [0.05, 0.1) is 0 Å². The molecule has 6 heteroatoms. The summed E-state index contributed by atoms with van der Waals surface area (Å²) >= 11 is 0. The molecule has 326 valence electrons. The van der Waals surface area contributed by atoms with Crippen molar-refractivity contribution in [3.63, 3.8) is 0 Å². The van der Waals surface area contributed by atoms with Gasteiger partial charge in [0.1, 0.15) is 60.0 Å². The van der Waals surface area contributed by atoms with Crippen LogP contribution in [0.4, 0.5) is 0 Å². The second kappa shape index (κ2) is 19.4. The van der Waals surface area contributed by atoms with Gasteiger partial charge in [-0.25, -0.2) is 0 Å². The summed E-state index contributed by atoms with van der Waals surface area (Å²) in [4.78, 5) is 0. The molecule has 0 bridgehead atoms. The molecule has 0 saturated carbocycles. The van der Waals surface area contributed by atoms with Crippen molar-refractivity contribution < 1.29 is 9.13 Å². The largest absolute Gasteiger partial charge is 0.312 e. The summed E-state index contributed by atoms with van der Waals surface area (Å²) in [6.45, 7) is 36.6. The fourth-order valence-corrected chi connectivity index (χ4v) is 9.14. The molecule has 6 nitrogen and oxygen atoms in total. The number of rotatable bonds is 15. The summed E-state index contributed by atoms with van der Waals surface area (Å²) in [6, 6.07) is 27.1. The van der Waals surface area contributed by atoms with Crippen molar-refractivity contribution >= 4 is 12.4 Å². The zero-order chi connectivity index (χ0) is 45.2. The lowest BCUT2D eigenvalue weighted by atomic mass is 9.92. The quantitative estimate of drug-likeness (QED) is 0.0562. The number of para-hydroxylation sites is 4. The first-order chi connectivity index (χ1) is 29.5. The van der Waals surface area contributed by atoms with Crippen LogP contribution in [0.15, 0.2) is 108 Å². The number of imidazole rings is 2. The predicted molar refractivity (Wildman–Crippen MR) is 263 cm³/mol. The first-order valence-electron chi connectivity index (χ1n) is 23.3. The Kier molecular flexibility index (Phi) is 14.4. The minimum absolute atomic E-state index is 0.327. The highest BCUT2D eigenvalue weighted by Gasteiger charge is 2.31. The Balaban J connectivity index is 1.66. The van der Waals surface area contributed by atoms with Crippen LogP contribution in [0.25, 0.3) is 22.7 Å². The molecule has 0 N–H and O–H groups in total. The van der Waals surface area contributed by atoms with Crippen molar-refractivity contribution in [2.45, 2.75) is 158 Å². The molecule has 0 radical (unpaired) electrons. The molecule has 2 heterocycles. The standard InChI is InChI=1S/C56H74N6/c1-35(2)43-21-17-22-44(36(3)4)53(43)59-29-30-60(54-45(37(5)6)23-18-24-46(54)38(7)8)51(59)33-57-58-34-52-61(55-47(39(9)10)25-19-26-48(55)40(11)12)31-32-62(52)56-49(41(13)14)27-20-28-50(56)42(15)16/h17-42H,1-16H3/q+2. The second-order valence-corrected chi connectivity index (χ2v) is 19.7. The van der Waals surface area contributed by atoms with Crippen LogP contribution in [-0.2, 0) is 0 Å². The van der Waals surface area contributed by atoms with E-state index in [9.17, 15) is 0 Å². The SMILES string of the molecule is CC(C)c1cccc(C(C)C)c1-n1cc[n+](-c2c(C(C)C)cccc2C(C)C)c1/C=N/N=C/c1n(-c2c(C(C)C)cccc2C(C)C)cc[n+]1-c1c(C(C)C)cccc1C(C)C. The third-order valence-electron chi connectivity index (χ3n) is 12.5. The molecule has 0 atom stereocenters. The molecule has 0 saturated heterocycles. The maximum absolute atomic E-state index is 5.03. The van der Waals surface area contributed by atoms with Gasteiger partial charge in [0.2, 0.25) is 0 Å². The maximum atomic E-state index is 5.03. The number of nitrogens with zero attached hydrogens (tertiary/aromatic N) is 6. The molecular weight excluding hydrogens is 757 g/mol. The molecule has 0 aliphatic rings. The summed E-state index contributed by atoms with van der Waals surface area (Å²) < 4.78 is 9.43. The minimum atomic E-state index is 0.327. The van der Waals surface area contributed by atoms with Gasteiger partial charge in [-0.15, -0.1) is 0 Å². The number of aromatic nitrogens is 4.